The molecule has 0 bridgehead atoms. The van der Waals surface area contributed by atoms with Crippen molar-refractivity contribution < 1.29 is 13.9 Å². The van der Waals surface area contributed by atoms with Crippen LogP contribution >= 0.6 is 0 Å². The van der Waals surface area contributed by atoms with Crippen LogP contribution in [0.25, 0.3) is 0 Å². The number of aliphatic hydroxyl groups is 1. The van der Waals surface area contributed by atoms with Gasteiger partial charge in [-0.15, -0.1) is 0 Å². The Kier molecular flexibility index (Phi) is 4.73. The van der Waals surface area contributed by atoms with Crippen molar-refractivity contribution in [1.29, 1.82) is 0 Å². The molecule has 112 valence electrons. The number of benzene rings is 1. The molecule has 0 aliphatic carbocycles. The third kappa shape index (κ3) is 3.16. The first kappa shape index (κ1) is 15.4. The van der Waals surface area contributed by atoms with Crippen LogP contribution in [0.1, 0.15) is 25.5 Å². The van der Waals surface area contributed by atoms with E-state index >= 15 is 0 Å². The van der Waals surface area contributed by atoms with E-state index in [2.05, 4.69) is 10.2 Å². The summed E-state index contributed by atoms with van der Waals surface area (Å²) in [6.45, 7) is 7.26. The highest BCUT2D eigenvalue weighted by molar-refractivity contribution is 5.23. The predicted molar refractivity (Wildman–Crippen MR) is 74.4 cm³/mol. The number of rotatable bonds is 4. The van der Waals surface area contributed by atoms with Gasteiger partial charge in [0, 0.05) is 44.2 Å². The number of hydrogen-bond donors (Lipinski definition) is 2. The second-order valence-electron chi connectivity index (χ2n) is 6.01. The van der Waals surface area contributed by atoms with Crippen molar-refractivity contribution >= 4 is 0 Å². The van der Waals surface area contributed by atoms with Crippen LogP contribution in [0, 0.1) is 17.0 Å². The molecule has 1 aliphatic heterocycles. The molecule has 0 unspecified atom stereocenters. The van der Waals surface area contributed by atoms with E-state index in [9.17, 15) is 13.9 Å². The molecule has 0 radical (unpaired) electrons. The van der Waals surface area contributed by atoms with Crippen molar-refractivity contribution in [3.8, 4) is 0 Å². The topological polar surface area (TPSA) is 35.5 Å². The van der Waals surface area contributed by atoms with Gasteiger partial charge in [0.05, 0.1) is 0 Å². The fourth-order valence-corrected chi connectivity index (χ4v) is 2.87. The van der Waals surface area contributed by atoms with Crippen molar-refractivity contribution in [3.05, 3.63) is 35.4 Å². The molecule has 0 aromatic heterocycles. The molecule has 0 amide bonds. The third-order valence-electron chi connectivity index (χ3n) is 3.92. The summed E-state index contributed by atoms with van der Waals surface area (Å²) < 4.78 is 26.7. The summed E-state index contributed by atoms with van der Waals surface area (Å²) in [5.41, 5.74) is 0.284. The lowest BCUT2D eigenvalue weighted by atomic mass is 9.79. The van der Waals surface area contributed by atoms with E-state index in [0.717, 1.165) is 32.2 Å². The van der Waals surface area contributed by atoms with Crippen molar-refractivity contribution in [2.75, 3.05) is 32.8 Å². The van der Waals surface area contributed by atoms with Crippen LogP contribution in [-0.2, 0) is 0 Å². The molecule has 1 aliphatic rings. The van der Waals surface area contributed by atoms with E-state index in [0.29, 0.717) is 5.56 Å². The Balaban J connectivity index is 2.36. The average molecular weight is 284 g/mol. The average Bonchev–Trinajstić information content (AvgIpc) is 2.44. The van der Waals surface area contributed by atoms with Gasteiger partial charge in [0.15, 0.2) is 11.6 Å². The predicted octanol–water partition coefficient (Wildman–Crippen LogP) is 1.93. The van der Waals surface area contributed by atoms with Gasteiger partial charge in [0.25, 0.3) is 0 Å². The van der Waals surface area contributed by atoms with E-state index in [4.69, 9.17) is 0 Å². The highest BCUT2D eigenvalue weighted by Crippen LogP contribution is 2.38. The molecule has 0 saturated carbocycles. The van der Waals surface area contributed by atoms with Gasteiger partial charge in [-0.3, -0.25) is 4.90 Å². The molecule has 20 heavy (non-hydrogen) atoms. The van der Waals surface area contributed by atoms with Crippen LogP contribution in [0.5, 0.6) is 0 Å². The van der Waals surface area contributed by atoms with Gasteiger partial charge in [0.1, 0.15) is 0 Å². The highest BCUT2D eigenvalue weighted by atomic mass is 19.2. The Morgan fingerprint density at radius 3 is 2.45 bits per heavy atom. The Bertz CT molecular complexity index is 459. The van der Waals surface area contributed by atoms with Gasteiger partial charge in [0.2, 0.25) is 0 Å². The van der Waals surface area contributed by atoms with Crippen molar-refractivity contribution in [3.63, 3.8) is 0 Å². The second-order valence-corrected chi connectivity index (χ2v) is 6.01. The number of hydrogen-bond acceptors (Lipinski definition) is 3. The summed E-state index contributed by atoms with van der Waals surface area (Å²) >= 11 is 0. The molecule has 1 saturated heterocycles. The monoisotopic (exact) mass is 284 g/mol. The van der Waals surface area contributed by atoms with Crippen LogP contribution in [0.4, 0.5) is 8.78 Å². The largest absolute Gasteiger partial charge is 0.396 e. The minimum Gasteiger partial charge on any atom is -0.396 e. The molecule has 1 aromatic rings. The number of aliphatic hydroxyl groups excluding tert-OH is 1. The van der Waals surface area contributed by atoms with Gasteiger partial charge in [-0.25, -0.2) is 8.78 Å². The maximum absolute atomic E-state index is 13.5. The minimum absolute atomic E-state index is 0.0133. The number of halogens is 2. The SMILES string of the molecule is CC(C)(CO)[C@@H](c1ccc(F)c(F)c1)N1CCNCC1. The Morgan fingerprint density at radius 2 is 1.90 bits per heavy atom. The summed E-state index contributed by atoms with van der Waals surface area (Å²) in [5.74, 6) is -1.68. The summed E-state index contributed by atoms with van der Waals surface area (Å²) in [4.78, 5) is 2.22. The summed E-state index contributed by atoms with van der Waals surface area (Å²) in [6, 6.07) is 3.89. The molecule has 2 rings (SSSR count). The third-order valence-corrected chi connectivity index (χ3v) is 3.92. The smallest absolute Gasteiger partial charge is 0.159 e. The molecule has 5 heteroatoms. The van der Waals surface area contributed by atoms with E-state index in [1.165, 1.54) is 6.07 Å². The minimum atomic E-state index is -0.838. The molecular weight excluding hydrogens is 262 g/mol. The molecule has 1 fully saturated rings. The highest BCUT2D eigenvalue weighted by Gasteiger charge is 2.35. The zero-order valence-corrected chi connectivity index (χ0v) is 12.0. The van der Waals surface area contributed by atoms with Crippen LogP contribution in [0.15, 0.2) is 18.2 Å². The normalized spacial score (nSPS) is 19.1. The van der Waals surface area contributed by atoms with Gasteiger partial charge >= 0.3 is 0 Å². The molecule has 2 N–H and O–H groups in total. The summed E-state index contributed by atoms with van der Waals surface area (Å²) in [7, 11) is 0. The fourth-order valence-electron chi connectivity index (χ4n) is 2.87. The lowest BCUT2D eigenvalue weighted by Gasteiger charge is -2.43. The van der Waals surface area contributed by atoms with E-state index in [-0.39, 0.29) is 12.6 Å². The van der Waals surface area contributed by atoms with Gasteiger partial charge in [-0.05, 0) is 17.7 Å². The molecule has 1 aromatic carbocycles. The number of nitrogens with zero attached hydrogens (tertiary/aromatic N) is 1. The first-order chi connectivity index (χ1) is 9.45. The zero-order chi connectivity index (χ0) is 14.8. The number of piperazine rings is 1. The van der Waals surface area contributed by atoms with Crippen molar-refractivity contribution in [2.24, 2.45) is 5.41 Å². The molecular formula is C15H22F2N2O. The Hall–Kier alpha value is -1.04. The second kappa shape index (κ2) is 6.16. The van der Waals surface area contributed by atoms with Crippen molar-refractivity contribution in [2.45, 2.75) is 19.9 Å². The van der Waals surface area contributed by atoms with Crippen LogP contribution in [0.2, 0.25) is 0 Å². The lowest BCUT2D eigenvalue weighted by Crippen LogP contribution is -2.49. The van der Waals surface area contributed by atoms with Gasteiger partial charge in [-0.2, -0.15) is 0 Å². The Labute approximate surface area is 118 Å². The fraction of sp³-hybridized carbons (Fsp3) is 0.600. The summed E-state index contributed by atoms with van der Waals surface area (Å²) in [5, 5.41) is 12.9. The molecule has 0 spiro atoms. The van der Waals surface area contributed by atoms with Crippen LogP contribution in [-0.4, -0.2) is 42.8 Å². The van der Waals surface area contributed by atoms with E-state index < -0.39 is 17.0 Å². The standard InChI is InChI=1S/C15H22F2N2O/c1-15(2,10-20)14(19-7-5-18-6-8-19)11-3-4-12(16)13(17)9-11/h3-4,9,14,18,20H,5-8,10H2,1-2H3/t14-/m1/s1. The molecule has 1 heterocycles. The van der Waals surface area contributed by atoms with Crippen LogP contribution < -0.4 is 5.32 Å². The van der Waals surface area contributed by atoms with Crippen LogP contribution in [0.3, 0.4) is 0 Å². The zero-order valence-electron chi connectivity index (χ0n) is 12.0. The first-order valence-corrected chi connectivity index (χ1v) is 6.96. The van der Waals surface area contributed by atoms with Gasteiger partial charge < -0.3 is 10.4 Å². The molecule has 3 nitrogen and oxygen atoms in total. The quantitative estimate of drug-likeness (QED) is 0.887. The van der Waals surface area contributed by atoms with Gasteiger partial charge in [-0.1, -0.05) is 19.9 Å². The van der Waals surface area contributed by atoms with E-state index in [1.54, 1.807) is 6.07 Å². The van der Waals surface area contributed by atoms with E-state index in [1.807, 2.05) is 13.8 Å². The Morgan fingerprint density at radius 1 is 1.25 bits per heavy atom. The first-order valence-electron chi connectivity index (χ1n) is 6.96. The summed E-state index contributed by atoms with van der Waals surface area (Å²) in [6.07, 6.45) is 0. The lowest BCUT2D eigenvalue weighted by molar-refractivity contribution is 0.0303. The maximum atomic E-state index is 13.5. The molecule has 1 atom stereocenters. The maximum Gasteiger partial charge on any atom is 0.159 e. The van der Waals surface area contributed by atoms with Crippen molar-refractivity contribution in [1.82, 2.24) is 10.2 Å². The number of nitrogens with one attached hydrogen (secondary N) is 1.